The van der Waals surface area contributed by atoms with Crippen LogP contribution in [0.4, 0.5) is 5.69 Å². The summed E-state index contributed by atoms with van der Waals surface area (Å²) in [6.07, 6.45) is 2.29. The molecule has 0 aliphatic carbocycles. The number of benzene rings is 1. The highest BCUT2D eigenvalue weighted by Gasteiger charge is 2.14. The highest BCUT2D eigenvalue weighted by Crippen LogP contribution is 2.13. The zero-order valence-electron chi connectivity index (χ0n) is 9.73. The maximum absolute atomic E-state index is 11.8. The van der Waals surface area contributed by atoms with Crippen LogP contribution in [0, 0.1) is 0 Å². The van der Waals surface area contributed by atoms with Gasteiger partial charge in [0.15, 0.2) is 0 Å². The molecule has 0 aromatic heterocycles. The van der Waals surface area contributed by atoms with Crippen LogP contribution in [0.5, 0.6) is 0 Å². The second-order valence-corrected chi connectivity index (χ2v) is 3.71. The zero-order chi connectivity index (χ0) is 12.1. The van der Waals surface area contributed by atoms with Gasteiger partial charge >= 0.3 is 0 Å². The molecule has 4 nitrogen and oxygen atoms in total. The molecule has 0 saturated carbocycles. The van der Waals surface area contributed by atoms with Crippen LogP contribution in [0.2, 0.25) is 0 Å². The van der Waals surface area contributed by atoms with E-state index in [2.05, 4.69) is 12.2 Å². The molecular formula is C13H15NO3. The second kappa shape index (κ2) is 5.39. The van der Waals surface area contributed by atoms with Gasteiger partial charge in [-0.2, -0.15) is 0 Å². The Balaban J connectivity index is 2.04. The number of carbonyl (C=O) groups is 1. The van der Waals surface area contributed by atoms with E-state index >= 15 is 0 Å². The van der Waals surface area contributed by atoms with Crippen molar-refractivity contribution >= 4 is 11.6 Å². The molecule has 0 saturated heterocycles. The third kappa shape index (κ3) is 3.00. The summed E-state index contributed by atoms with van der Waals surface area (Å²) in [5.41, 5.74) is 1.95. The smallest absolute Gasteiger partial charge is 0.294 e. The molecule has 0 unspecified atom stereocenters. The average Bonchev–Trinajstić information content (AvgIpc) is 2.40. The van der Waals surface area contributed by atoms with Gasteiger partial charge in [0.2, 0.25) is 5.76 Å². The van der Waals surface area contributed by atoms with E-state index in [1.54, 1.807) is 0 Å². The minimum atomic E-state index is -0.280. The second-order valence-electron chi connectivity index (χ2n) is 3.71. The van der Waals surface area contributed by atoms with Crippen LogP contribution in [0.3, 0.4) is 0 Å². The Bertz CT molecular complexity index is 440. The molecule has 1 aliphatic rings. The number of carbonyl (C=O) groups excluding carboxylic acids is 1. The van der Waals surface area contributed by atoms with Gasteiger partial charge in [0.1, 0.15) is 19.5 Å². The van der Waals surface area contributed by atoms with E-state index in [1.807, 2.05) is 24.3 Å². The van der Waals surface area contributed by atoms with Gasteiger partial charge in [-0.15, -0.1) is 0 Å². The molecular weight excluding hydrogens is 218 g/mol. The van der Waals surface area contributed by atoms with E-state index in [4.69, 9.17) is 9.47 Å². The van der Waals surface area contributed by atoms with Crippen LogP contribution in [-0.2, 0) is 20.7 Å². The van der Waals surface area contributed by atoms with Crippen LogP contribution in [0.15, 0.2) is 36.3 Å². The predicted octanol–water partition coefficient (Wildman–Crippen LogP) is 2.08. The molecule has 1 aromatic rings. The molecule has 17 heavy (non-hydrogen) atoms. The maximum Gasteiger partial charge on any atom is 0.294 e. The maximum atomic E-state index is 11.8. The fourth-order valence-electron chi connectivity index (χ4n) is 1.55. The van der Waals surface area contributed by atoms with Crippen molar-refractivity contribution < 1.29 is 14.3 Å². The molecule has 4 heteroatoms. The summed E-state index contributed by atoms with van der Waals surface area (Å²) in [6, 6.07) is 7.74. The van der Waals surface area contributed by atoms with Crippen molar-refractivity contribution in [3.8, 4) is 0 Å². The Morgan fingerprint density at radius 3 is 3.00 bits per heavy atom. The first-order valence-corrected chi connectivity index (χ1v) is 5.64. The van der Waals surface area contributed by atoms with Gasteiger partial charge in [0.05, 0.1) is 0 Å². The molecule has 90 valence electrons. The Morgan fingerprint density at radius 2 is 2.29 bits per heavy atom. The molecule has 0 bridgehead atoms. The fraction of sp³-hybridized carbons (Fsp3) is 0.308. The van der Waals surface area contributed by atoms with Crippen molar-refractivity contribution in [3.63, 3.8) is 0 Å². The first-order chi connectivity index (χ1) is 8.29. The highest BCUT2D eigenvalue weighted by atomic mass is 16.6. The number of anilines is 1. The summed E-state index contributed by atoms with van der Waals surface area (Å²) in [5.74, 6) is -0.0592. The van der Waals surface area contributed by atoms with Crippen molar-refractivity contribution in [3.05, 3.63) is 41.9 Å². The summed E-state index contributed by atoms with van der Waals surface area (Å²) < 4.78 is 10.2. The van der Waals surface area contributed by atoms with Crippen molar-refractivity contribution in [2.75, 3.05) is 18.5 Å². The minimum Gasteiger partial charge on any atom is -0.494 e. The summed E-state index contributed by atoms with van der Waals surface area (Å²) in [5, 5.41) is 2.77. The molecule has 0 fully saturated rings. The molecule has 1 N–H and O–H groups in total. The third-order valence-electron chi connectivity index (χ3n) is 2.47. The summed E-state index contributed by atoms with van der Waals surface area (Å²) >= 11 is 0. The normalized spacial score (nSPS) is 14.3. The highest BCUT2D eigenvalue weighted by molar-refractivity contribution is 6.02. The van der Waals surface area contributed by atoms with E-state index in [-0.39, 0.29) is 11.7 Å². The van der Waals surface area contributed by atoms with Gasteiger partial charge in [-0.25, -0.2) is 0 Å². The Morgan fingerprint density at radius 1 is 1.41 bits per heavy atom. The van der Waals surface area contributed by atoms with Crippen molar-refractivity contribution in [2.45, 2.75) is 13.3 Å². The van der Waals surface area contributed by atoms with Crippen LogP contribution >= 0.6 is 0 Å². The minimum absolute atomic E-state index is 0.221. The Hall–Kier alpha value is -1.97. The molecule has 1 amide bonds. The molecule has 0 radical (unpaired) electrons. The number of amides is 1. The van der Waals surface area contributed by atoms with E-state index in [0.717, 1.165) is 12.1 Å². The summed E-state index contributed by atoms with van der Waals surface area (Å²) in [4.78, 5) is 11.8. The number of hydrogen-bond acceptors (Lipinski definition) is 3. The van der Waals surface area contributed by atoms with Crippen LogP contribution in [0.25, 0.3) is 0 Å². The predicted molar refractivity (Wildman–Crippen MR) is 64.4 cm³/mol. The van der Waals surface area contributed by atoms with Crippen molar-refractivity contribution in [1.29, 1.82) is 0 Å². The molecule has 1 aliphatic heterocycles. The van der Waals surface area contributed by atoms with Crippen LogP contribution in [0.1, 0.15) is 12.5 Å². The number of aryl methyl sites for hydroxylation is 1. The van der Waals surface area contributed by atoms with Gasteiger partial charge in [-0.05, 0) is 24.1 Å². The van der Waals surface area contributed by atoms with E-state index in [9.17, 15) is 4.79 Å². The van der Waals surface area contributed by atoms with Crippen LogP contribution < -0.4 is 5.32 Å². The number of ether oxygens (including phenoxy) is 2. The van der Waals surface area contributed by atoms with Gasteiger partial charge in [-0.1, -0.05) is 19.1 Å². The monoisotopic (exact) mass is 233 g/mol. The lowest BCUT2D eigenvalue weighted by Gasteiger charge is -2.15. The number of rotatable bonds is 3. The molecule has 1 heterocycles. The zero-order valence-corrected chi connectivity index (χ0v) is 9.73. The Kier molecular flexibility index (Phi) is 3.65. The lowest BCUT2D eigenvalue weighted by Crippen LogP contribution is -2.21. The van der Waals surface area contributed by atoms with E-state index < -0.39 is 0 Å². The molecule has 2 rings (SSSR count). The van der Waals surface area contributed by atoms with Crippen molar-refractivity contribution in [2.24, 2.45) is 0 Å². The summed E-state index contributed by atoms with van der Waals surface area (Å²) in [6.45, 7) is 2.97. The van der Waals surface area contributed by atoms with Crippen LogP contribution in [-0.4, -0.2) is 19.1 Å². The molecule has 1 aromatic carbocycles. The number of hydrogen-bond donors (Lipinski definition) is 1. The quantitative estimate of drug-likeness (QED) is 0.869. The standard InChI is InChI=1S/C13H15NO3/c1-2-10-4-3-5-11(8-10)14-13(15)12-9-16-6-7-17-12/h3-5,8-9H,2,6-7H2,1H3,(H,14,15). The van der Waals surface area contributed by atoms with E-state index in [0.29, 0.717) is 13.2 Å². The van der Waals surface area contributed by atoms with Gasteiger partial charge in [-0.3, -0.25) is 4.79 Å². The largest absolute Gasteiger partial charge is 0.494 e. The van der Waals surface area contributed by atoms with Crippen molar-refractivity contribution in [1.82, 2.24) is 0 Å². The van der Waals surface area contributed by atoms with Gasteiger partial charge in [0, 0.05) is 5.69 Å². The lowest BCUT2D eigenvalue weighted by molar-refractivity contribution is -0.117. The van der Waals surface area contributed by atoms with Gasteiger partial charge in [0.25, 0.3) is 5.91 Å². The van der Waals surface area contributed by atoms with E-state index in [1.165, 1.54) is 11.8 Å². The topological polar surface area (TPSA) is 47.6 Å². The SMILES string of the molecule is CCc1cccc(NC(=O)C2=COCCO2)c1. The number of nitrogens with one attached hydrogen (secondary N) is 1. The van der Waals surface area contributed by atoms with Gasteiger partial charge < -0.3 is 14.8 Å². The third-order valence-corrected chi connectivity index (χ3v) is 2.47. The average molecular weight is 233 g/mol. The lowest BCUT2D eigenvalue weighted by atomic mass is 10.1. The molecule has 0 spiro atoms. The summed E-state index contributed by atoms with van der Waals surface area (Å²) in [7, 11) is 0. The first kappa shape index (κ1) is 11.5. The molecule has 0 atom stereocenters. The first-order valence-electron chi connectivity index (χ1n) is 5.64. The fourth-order valence-corrected chi connectivity index (χ4v) is 1.55. The Labute approximate surface area is 100 Å².